The molecule has 1 aromatic carbocycles. The zero-order valence-corrected chi connectivity index (χ0v) is 13.9. The van der Waals surface area contributed by atoms with E-state index in [9.17, 15) is 4.79 Å². The van der Waals surface area contributed by atoms with Gasteiger partial charge in [-0.3, -0.25) is 0 Å². The summed E-state index contributed by atoms with van der Waals surface area (Å²) in [6.07, 6.45) is 4.64. The number of carbonyl (C=O) groups is 1. The van der Waals surface area contributed by atoms with Crippen LogP contribution in [0.5, 0.6) is 0 Å². The van der Waals surface area contributed by atoms with Crippen LogP contribution in [-0.4, -0.2) is 28.1 Å². The van der Waals surface area contributed by atoms with E-state index in [1.807, 2.05) is 24.3 Å². The van der Waals surface area contributed by atoms with E-state index in [-0.39, 0.29) is 6.03 Å². The zero-order valence-electron chi connectivity index (χ0n) is 13.9. The first-order chi connectivity index (χ1) is 11.7. The first-order valence-corrected chi connectivity index (χ1v) is 8.29. The van der Waals surface area contributed by atoms with Gasteiger partial charge >= 0.3 is 6.03 Å². The highest BCUT2D eigenvalue weighted by atomic mass is 16.5. The van der Waals surface area contributed by atoms with Gasteiger partial charge in [0.1, 0.15) is 0 Å². The van der Waals surface area contributed by atoms with Gasteiger partial charge < -0.3 is 20.5 Å². The van der Waals surface area contributed by atoms with E-state index in [1.165, 1.54) is 17.7 Å². The van der Waals surface area contributed by atoms with Gasteiger partial charge in [-0.2, -0.15) is 4.98 Å². The first-order valence-electron chi connectivity index (χ1n) is 8.29. The Morgan fingerprint density at radius 2 is 2.21 bits per heavy atom. The molecule has 7 nitrogen and oxygen atoms in total. The number of rotatable bonds is 5. The van der Waals surface area contributed by atoms with Crippen molar-refractivity contribution in [1.29, 1.82) is 0 Å². The summed E-state index contributed by atoms with van der Waals surface area (Å²) in [6, 6.07) is 7.25. The van der Waals surface area contributed by atoms with E-state index in [4.69, 9.17) is 10.3 Å². The molecule has 1 heterocycles. The van der Waals surface area contributed by atoms with E-state index in [1.54, 1.807) is 7.05 Å². The fourth-order valence-electron chi connectivity index (χ4n) is 2.95. The minimum absolute atomic E-state index is 0.226. The molecule has 0 aliphatic heterocycles. The van der Waals surface area contributed by atoms with Crippen LogP contribution >= 0.6 is 0 Å². The summed E-state index contributed by atoms with van der Waals surface area (Å²) in [5, 5.41) is 6.84. The van der Waals surface area contributed by atoms with Crippen LogP contribution in [0.4, 0.5) is 10.5 Å². The molecule has 128 valence electrons. The second-order valence-corrected chi connectivity index (χ2v) is 6.22. The molecule has 1 aliphatic carbocycles. The first kappa shape index (κ1) is 16.4. The van der Waals surface area contributed by atoms with Crippen molar-refractivity contribution in [3.8, 4) is 0 Å². The lowest BCUT2D eigenvalue weighted by Gasteiger charge is -2.16. The Balaban J connectivity index is 1.57. The quantitative estimate of drug-likeness (QED) is 0.879. The molecule has 24 heavy (non-hydrogen) atoms. The molecule has 0 saturated heterocycles. The third kappa shape index (κ3) is 3.91. The maximum absolute atomic E-state index is 12.3. The fourth-order valence-corrected chi connectivity index (χ4v) is 2.95. The summed E-state index contributed by atoms with van der Waals surface area (Å²) >= 11 is 0. The predicted octanol–water partition coefficient (Wildman–Crippen LogP) is 2.85. The van der Waals surface area contributed by atoms with Crippen molar-refractivity contribution in [2.75, 3.05) is 12.4 Å². The predicted molar refractivity (Wildman–Crippen MR) is 90.3 cm³/mol. The molecular weight excluding hydrogens is 306 g/mol. The average molecular weight is 329 g/mol. The van der Waals surface area contributed by atoms with Gasteiger partial charge in [-0.05, 0) is 30.5 Å². The van der Waals surface area contributed by atoms with Gasteiger partial charge in [0.2, 0.25) is 5.89 Å². The third-order valence-electron chi connectivity index (χ3n) is 4.33. The molecule has 3 rings (SSSR count). The molecule has 0 unspecified atom stereocenters. The molecule has 0 spiro atoms. The van der Waals surface area contributed by atoms with Crippen LogP contribution in [0, 0.1) is 0 Å². The lowest BCUT2D eigenvalue weighted by Crippen LogP contribution is -2.31. The van der Waals surface area contributed by atoms with Crippen LogP contribution in [0.3, 0.4) is 0 Å². The number of benzene rings is 1. The summed E-state index contributed by atoms with van der Waals surface area (Å²) in [5.74, 6) is 1.61. The second kappa shape index (κ2) is 7.44. The molecule has 2 amide bonds. The zero-order chi connectivity index (χ0) is 16.9. The molecule has 1 aliphatic rings. The van der Waals surface area contributed by atoms with Crippen molar-refractivity contribution in [3.63, 3.8) is 0 Å². The molecular formula is C17H23N5O2. The van der Waals surface area contributed by atoms with Crippen LogP contribution < -0.4 is 11.1 Å². The maximum atomic E-state index is 12.3. The van der Waals surface area contributed by atoms with E-state index in [2.05, 4.69) is 15.5 Å². The Bertz CT molecular complexity index is 694. The number of amides is 2. The van der Waals surface area contributed by atoms with Gasteiger partial charge in [-0.25, -0.2) is 4.79 Å². The van der Waals surface area contributed by atoms with E-state index in [0.29, 0.717) is 30.7 Å². The van der Waals surface area contributed by atoms with Crippen LogP contribution in [0.1, 0.15) is 48.9 Å². The van der Waals surface area contributed by atoms with Crippen molar-refractivity contribution in [2.24, 2.45) is 5.73 Å². The van der Waals surface area contributed by atoms with E-state index < -0.39 is 0 Å². The molecule has 7 heteroatoms. The number of hydrogen-bond acceptors (Lipinski definition) is 5. The number of aromatic nitrogens is 2. The highest BCUT2D eigenvalue weighted by Gasteiger charge is 2.23. The molecule has 0 radical (unpaired) electrons. The van der Waals surface area contributed by atoms with E-state index >= 15 is 0 Å². The minimum atomic E-state index is -0.226. The number of urea groups is 1. The Labute approximate surface area is 141 Å². The van der Waals surface area contributed by atoms with Crippen molar-refractivity contribution in [1.82, 2.24) is 15.0 Å². The van der Waals surface area contributed by atoms with Crippen molar-refractivity contribution in [3.05, 3.63) is 41.5 Å². The standard InChI is InChI=1S/C17H23N5O2/c1-22(17(23)19-14-8-4-5-12(9-14)10-18)11-15-20-16(24-21-15)13-6-2-3-7-13/h4-5,8-9,13H,2-3,6-7,10-11,18H2,1H3,(H,19,23). The topological polar surface area (TPSA) is 97.3 Å². The van der Waals surface area contributed by atoms with Crippen LogP contribution in [0.25, 0.3) is 0 Å². The molecule has 0 bridgehead atoms. The van der Waals surface area contributed by atoms with Gasteiger partial charge in [0.15, 0.2) is 5.82 Å². The van der Waals surface area contributed by atoms with Crippen molar-refractivity contribution >= 4 is 11.7 Å². The molecule has 3 N–H and O–H groups in total. The maximum Gasteiger partial charge on any atom is 0.321 e. The lowest BCUT2D eigenvalue weighted by molar-refractivity contribution is 0.219. The van der Waals surface area contributed by atoms with Crippen LogP contribution in [0.15, 0.2) is 28.8 Å². The molecule has 0 atom stereocenters. The normalized spacial score (nSPS) is 14.8. The summed E-state index contributed by atoms with van der Waals surface area (Å²) < 4.78 is 5.34. The monoisotopic (exact) mass is 329 g/mol. The Kier molecular flexibility index (Phi) is 5.10. The van der Waals surface area contributed by atoms with E-state index in [0.717, 1.165) is 24.1 Å². The third-order valence-corrected chi connectivity index (χ3v) is 4.33. The highest BCUT2D eigenvalue weighted by Crippen LogP contribution is 2.32. The minimum Gasteiger partial charge on any atom is -0.339 e. The molecule has 2 aromatic rings. The molecule has 1 aromatic heterocycles. The Morgan fingerprint density at radius 3 is 2.96 bits per heavy atom. The number of hydrogen-bond donors (Lipinski definition) is 2. The van der Waals surface area contributed by atoms with Gasteiger partial charge in [0, 0.05) is 25.2 Å². The Hall–Kier alpha value is -2.41. The molecule has 1 fully saturated rings. The average Bonchev–Trinajstić information content (AvgIpc) is 3.26. The number of carbonyl (C=O) groups excluding carboxylic acids is 1. The van der Waals surface area contributed by atoms with Crippen LogP contribution in [0.2, 0.25) is 0 Å². The summed E-state index contributed by atoms with van der Waals surface area (Å²) in [6.45, 7) is 0.741. The number of nitrogens with one attached hydrogen (secondary N) is 1. The number of nitrogens with zero attached hydrogens (tertiary/aromatic N) is 3. The smallest absolute Gasteiger partial charge is 0.321 e. The largest absolute Gasteiger partial charge is 0.339 e. The number of nitrogens with two attached hydrogens (primary N) is 1. The second-order valence-electron chi connectivity index (χ2n) is 6.22. The van der Waals surface area contributed by atoms with Gasteiger partial charge in [-0.15, -0.1) is 0 Å². The Morgan fingerprint density at radius 1 is 1.42 bits per heavy atom. The number of anilines is 1. The highest BCUT2D eigenvalue weighted by molar-refractivity contribution is 5.89. The fraction of sp³-hybridized carbons (Fsp3) is 0.471. The SMILES string of the molecule is CN(Cc1noc(C2CCCC2)n1)C(=O)Nc1cccc(CN)c1. The van der Waals surface area contributed by atoms with Gasteiger partial charge in [0.25, 0.3) is 0 Å². The summed E-state index contributed by atoms with van der Waals surface area (Å²) in [7, 11) is 1.70. The van der Waals surface area contributed by atoms with Crippen LogP contribution in [-0.2, 0) is 13.1 Å². The molecule has 1 saturated carbocycles. The van der Waals surface area contributed by atoms with Crippen molar-refractivity contribution < 1.29 is 9.32 Å². The van der Waals surface area contributed by atoms with Gasteiger partial charge in [-0.1, -0.05) is 30.1 Å². The summed E-state index contributed by atoms with van der Waals surface area (Å²) in [5.41, 5.74) is 7.30. The summed E-state index contributed by atoms with van der Waals surface area (Å²) in [4.78, 5) is 18.2. The lowest BCUT2D eigenvalue weighted by atomic mass is 10.1. The van der Waals surface area contributed by atoms with Gasteiger partial charge in [0.05, 0.1) is 6.54 Å². The van der Waals surface area contributed by atoms with Crippen molar-refractivity contribution in [2.45, 2.75) is 44.7 Å².